The summed E-state index contributed by atoms with van der Waals surface area (Å²) in [6.45, 7) is 14.3. The highest BCUT2D eigenvalue weighted by Gasteiger charge is 2.11. The highest BCUT2D eigenvalue weighted by Crippen LogP contribution is 2.12. The van der Waals surface area contributed by atoms with Crippen molar-refractivity contribution < 1.29 is 0 Å². The summed E-state index contributed by atoms with van der Waals surface area (Å²) in [7, 11) is 4.40. The molecule has 0 radical (unpaired) electrons. The number of rotatable bonds is 11. The van der Waals surface area contributed by atoms with Gasteiger partial charge in [-0.15, -0.1) is 0 Å². The molecule has 0 fully saturated rings. The first-order chi connectivity index (χ1) is 9.81. The second kappa shape index (κ2) is 11.1. The minimum Gasteiger partial charge on any atom is -0.376 e. The van der Waals surface area contributed by atoms with Gasteiger partial charge in [0.25, 0.3) is 0 Å². The zero-order chi connectivity index (χ0) is 16.4. The lowest BCUT2D eigenvalue weighted by Gasteiger charge is -2.29. The Morgan fingerprint density at radius 2 is 1.76 bits per heavy atom. The molecule has 126 valence electrons. The van der Waals surface area contributed by atoms with Crippen LogP contribution in [0.25, 0.3) is 0 Å². The van der Waals surface area contributed by atoms with E-state index in [-0.39, 0.29) is 0 Å². The predicted octanol–water partition coefficient (Wildman–Crippen LogP) is 3.56. The lowest BCUT2D eigenvalue weighted by molar-refractivity contribution is 0.229. The van der Waals surface area contributed by atoms with Crippen molar-refractivity contribution >= 4 is 0 Å². The molecule has 3 heteroatoms. The molecule has 0 rings (SSSR count). The Labute approximate surface area is 133 Å². The quantitative estimate of drug-likeness (QED) is 0.633. The molecular weight excluding hydrogens is 258 g/mol. The fourth-order valence-corrected chi connectivity index (χ4v) is 2.41. The van der Waals surface area contributed by atoms with Crippen LogP contribution in [-0.4, -0.2) is 49.6 Å². The molecule has 0 aromatic heterocycles. The van der Waals surface area contributed by atoms with Crippen LogP contribution in [0.5, 0.6) is 0 Å². The van der Waals surface area contributed by atoms with Gasteiger partial charge >= 0.3 is 0 Å². The molecule has 0 aliphatic carbocycles. The standard InChI is InChI=1S/C18H39N3/c1-8-16(4)10-9-11-20(6)13-17(5)21(7)14-18(12-19)15(2)3/h14-17H,8-13,19H2,1-7H3/b18-14+. The molecule has 2 unspecified atom stereocenters. The van der Waals surface area contributed by atoms with Crippen LogP contribution in [0, 0.1) is 11.8 Å². The van der Waals surface area contributed by atoms with Crippen molar-refractivity contribution in [3.63, 3.8) is 0 Å². The Morgan fingerprint density at radius 1 is 1.14 bits per heavy atom. The first kappa shape index (κ1) is 20.5. The van der Waals surface area contributed by atoms with Crippen LogP contribution in [0.2, 0.25) is 0 Å². The zero-order valence-corrected chi connectivity index (χ0v) is 15.5. The summed E-state index contributed by atoms with van der Waals surface area (Å²) < 4.78 is 0. The minimum atomic E-state index is 0.513. The van der Waals surface area contributed by atoms with E-state index in [1.54, 1.807) is 0 Å². The Morgan fingerprint density at radius 3 is 2.24 bits per heavy atom. The topological polar surface area (TPSA) is 32.5 Å². The Bertz CT molecular complexity index is 286. The van der Waals surface area contributed by atoms with E-state index in [0.717, 1.165) is 12.5 Å². The molecule has 0 heterocycles. The molecule has 0 saturated heterocycles. The zero-order valence-electron chi connectivity index (χ0n) is 15.5. The molecule has 0 aromatic rings. The molecule has 2 N–H and O–H groups in total. The normalized spacial score (nSPS) is 15.6. The van der Waals surface area contributed by atoms with Gasteiger partial charge in [0, 0.05) is 26.2 Å². The molecule has 0 aromatic carbocycles. The van der Waals surface area contributed by atoms with E-state index in [2.05, 4.69) is 64.7 Å². The fourth-order valence-electron chi connectivity index (χ4n) is 2.41. The third kappa shape index (κ3) is 9.15. The van der Waals surface area contributed by atoms with Gasteiger partial charge < -0.3 is 15.5 Å². The Kier molecular flexibility index (Phi) is 10.8. The van der Waals surface area contributed by atoms with E-state index in [1.165, 1.54) is 31.4 Å². The summed E-state index contributed by atoms with van der Waals surface area (Å²) in [6, 6.07) is 0.513. The average Bonchev–Trinajstić information content (AvgIpc) is 2.43. The SMILES string of the molecule is CCC(C)CCCN(C)CC(C)N(C)/C=C(\CN)C(C)C. The molecule has 0 amide bonds. The summed E-state index contributed by atoms with van der Waals surface area (Å²) in [6.07, 6.45) is 6.18. The van der Waals surface area contributed by atoms with Gasteiger partial charge in [0.1, 0.15) is 0 Å². The number of likely N-dealkylation sites (N-methyl/N-ethyl adjacent to an activating group) is 2. The van der Waals surface area contributed by atoms with E-state index in [4.69, 9.17) is 5.73 Å². The summed E-state index contributed by atoms with van der Waals surface area (Å²) in [4.78, 5) is 4.77. The summed E-state index contributed by atoms with van der Waals surface area (Å²) >= 11 is 0. The van der Waals surface area contributed by atoms with E-state index in [0.29, 0.717) is 18.5 Å². The summed E-state index contributed by atoms with van der Waals surface area (Å²) in [5, 5.41) is 0. The first-order valence-corrected chi connectivity index (χ1v) is 8.62. The van der Waals surface area contributed by atoms with Crippen LogP contribution >= 0.6 is 0 Å². The van der Waals surface area contributed by atoms with Crippen LogP contribution in [-0.2, 0) is 0 Å². The Balaban J connectivity index is 4.18. The average molecular weight is 298 g/mol. The minimum absolute atomic E-state index is 0.513. The largest absolute Gasteiger partial charge is 0.376 e. The summed E-state index contributed by atoms with van der Waals surface area (Å²) in [5.74, 6) is 1.39. The third-order valence-electron chi connectivity index (χ3n) is 4.55. The summed E-state index contributed by atoms with van der Waals surface area (Å²) in [5.41, 5.74) is 7.15. The number of hydrogen-bond acceptors (Lipinski definition) is 3. The second-order valence-electron chi connectivity index (χ2n) is 7.00. The third-order valence-corrected chi connectivity index (χ3v) is 4.55. The van der Waals surface area contributed by atoms with Gasteiger partial charge in [-0.1, -0.05) is 34.1 Å². The van der Waals surface area contributed by atoms with Crippen molar-refractivity contribution in [3.05, 3.63) is 11.8 Å². The van der Waals surface area contributed by atoms with E-state index >= 15 is 0 Å². The van der Waals surface area contributed by atoms with E-state index in [9.17, 15) is 0 Å². The van der Waals surface area contributed by atoms with E-state index < -0.39 is 0 Å². The van der Waals surface area contributed by atoms with E-state index in [1.807, 2.05) is 0 Å². The van der Waals surface area contributed by atoms with Crippen molar-refractivity contribution in [3.8, 4) is 0 Å². The van der Waals surface area contributed by atoms with Crippen molar-refractivity contribution in [2.75, 3.05) is 33.7 Å². The van der Waals surface area contributed by atoms with Gasteiger partial charge in [0.15, 0.2) is 0 Å². The van der Waals surface area contributed by atoms with Crippen molar-refractivity contribution in [2.45, 2.75) is 59.9 Å². The van der Waals surface area contributed by atoms with Crippen LogP contribution in [0.4, 0.5) is 0 Å². The highest BCUT2D eigenvalue weighted by molar-refractivity contribution is 5.06. The van der Waals surface area contributed by atoms with Gasteiger partial charge in [-0.2, -0.15) is 0 Å². The molecule has 21 heavy (non-hydrogen) atoms. The molecule has 0 spiro atoms. The van der Waals surface area contributed by atoms with Gasteiger partial charge in [0.2, 0.25) is 0 Å². The number of nitrogens with zero attached hydrogens (tertiary/aromatic N) is 2. The maximum atomic E-state index is 5.83. The molecule has 0 aliphatic rings. The maximum absolute atomic E-state index is 5.83. The van der Waals surface area contributed by atoms with Gasteiger partial charge in [-0.3, -0.25) is 0 Å². The molecule has 0 saturated carbocycles. The molecule has 2 atom stereocenters. The van der Waals surface area contributed by atoms with Crippen LogP contribution in [0.1, 0.15) is 53.9 Å². The molecular formula is C18H39N3. The second-order valence-corrected chi connectivity index (χ2v) is 7.00. The van der Waals surface area contributed by atoms with Gasteiger partial charge in [-0.25, -0.2) is 0 Å². The van der Waals surface area contributed by atoms with Crippen molar-refractivity contribution in [1.29, 1.82) is 0 Å². The highest BCUT2D eigenvalue weighted by atomic mass is 15.2. The van der Waals surface area contributed by atoms with Crippen LogP contribution in [0.3, 0.4) is 0 Å². The molecule has 0 bridgehead atoms. The number of nitrogens with two attached hydrogens (primary N) is 1. The lowest BCUT2D eigenvalue weighted by Crippen LogP contribution is -2.37. The van der Waals surface area contributed by atoms with Crippen molar-refractivity contribution in [2.24, 2.45) is 17.6 Å². The van der Waals surface area contributed by atoms with Crippen molar-refractivity contribution in [1.82, 2.24) is 9.80 Å². The maximum Gasteiger partial charge on any atom is 0.0380 e. The smallest absolute Gasteiger partial charge is 0.0380 e. The van der Waals surface area contributed by atoms with Gasteiger partial charge in [0.05, 0.1) is 0 Å². The molecule has 3 nitrogen and oxygen atoms in total. The monoisotopic (exact) mass is 297 g/mol. The van der Waals surface area contributed by atoms with Crippen LogP contribution in [0.15, 0.2) is 11.8 Å². The van der Waals surface area contributed by atoms with Crippen LogP contribution < -0.4 is 5.73 Å². The number of hydrogen-bond donors (Lipinski definition) is 1. The Hall–Kier alpha value is -0.540. The lowest BCUT2D eigenvalue weighted by atomic mass is 10.0. The van der Waals surface area contributed by atoms with Gasteiger partial charge in [-0.05, 0) is 57.0 Å². The fraction of sp³-hybridized carbons (Fsp3) is 0.889. The molecule has 0 aliphatic heterocycles. The first-order valence-electron chi connectivity index (χ1n) is 8.62. The predicted molar refractivity (Wildman–Crippen MR) is 95.4 cm³/mol.